The quantitative estimate of drug-likeness (QED) is 0.850. The zero-order valence-electron chi connectivity index (χ0n) is 13.3. The highest BCUT2D eigenvalue weighted by molar-refractivity contribution is 6.30. The number of ether oxygens (including phenoxy) is 1. The monoisotopic (exact) mass is 334 g/mol. The van der Waals surface area contributed by atoms with Crippen LogP contribution in [0.3, 0.4) is 0 Å². The van der Waals surface area contributed by atoms with E-state index in [1.807, 2.05) is 29.2 Å². The predicted octanol–water partition coefficient (Wildman–Crippen LogP) is 2.35. The van der Waals surface area contributed by atoms with Crippen molar-refractivity contribution in [3.05, 3.63) is 34.9 Å². The highest BCUT2D eigenvalue weighted by Crippen LogP contribution is 2.37. The number of amides is 1. The van der Waals surface area contributed by atoms with Crippen molar-refractivity contribution in [2.75, 3.05) is 32.8 Å². The van der Waals surface area contributed by atoms with E-state index in [0.29, 0.717) is 17.5 Å². The minimum absolute atomic E-state index is 0.0666. The van der Waals surface area contributed by atoms with Gasteiger partial charge in [-0.2, -0.15) is 0 Å². The van der Waals surface area contributed by atoms with Gasteiger partial charge in [-0.15, -0.1) is 0 Å². The highest BCUT2D eigenvalue weighted by atomic mass is 35.5. The smallest absolute Gasteiger partial charge is 0.227 e. The van der Waals surface area contributed by atoms with E-state index in [1.165, 1.54) is 25.9 Å². The van der Waals surface area contributed by atoms with E-state index in [1.54, 1.807) is 0 Å². The second-order valence-corrected chi connectivity index (χ2v) is 7.58. The number of halogens is 1. The first kappa shape index (κ1) is 15.4. The Morgan fingerprint density at radius 3 is 2.61 bits per heavy atom. The molecule has 23 heavy (non-hydrogen) atoms. The number of nitrogens with zero attached hydrogens (tertiary/aromatic N) is 2. The molecule has 1 unspecified atom stereocenters. The Bertz CT molecular complexity index is 577. The fraction of sp³-hybridized carbons (Fsp3) is 0.611. The van der Waals surface area contributed by atoms with Crippen LogP contribution in [0.2, 0.25) is 5.02 Å². The van der Waals surface area contributed by atoms with Crippen molar-refractivity contribution in [1.82, 2.24) is 9.80 Å². The summed E-state index contributed by atoms with van der Waals surface area (Å²) in [6.07, 6.45) is 4.16. The van der Waals surface area contributed by atoms with Crippen LogP contribution in [0, 0.1) is 0 Å². The van der Waals surface area contributed by atoms with Crippen LogP contribution in [-0.4, -0.2) is 60.1 Å². The molecule has 3 fully saturated rings. The average Bonchev–Trinajstić information content (AvgIpc) is 3.16. The standard InChI is InChI=1S/C18H23ClN2O2/c19-15-5-3-14(4-6-15)9-17(22)21-12-18(13-21)10-16(11-23-18)20-7-1-2-8-20/h3-6,16H,1-2,7-13H2. The van der Waals surface area contributed by atoms with Gasteiger partial charge in [0.05, 0.1) is 26.1 Å². The summed E-state index contributed by atoms with van der Waals surface area (Å²) in [5, 5.41) is 0.705. The summed E-state index contributed by atoms with van der Waals surface area (Å²) in [6, 6.07) is 8.08. The first-order valence-electron chi connectivity index (χ1n) is 8.54. The van der Waals surface area contributed by atoms with E-state index >= 15 is 0 Å². The number of hydrogen-bond acceptors (Lipinski definition) is 3. The Morgan fingerprint density at radius 2 is 1.91 bits per heavy atom. The van der Waals surface area contributed by atoms with Crippen LogP contribution in [0.5, 0.6) is 0 Å². The van der Waals surface area contributed by atoms with Gasteiger partial charge in [-0.1, -0.05) is 23.7 Å². The van der Waals surface area contributed by atoms with Crippen molar-refractivity contribution in [1.29, 1.82) is 0 Å². The molecule has 0 radical (unpaired) electrons. The molecular weight excluding hydrogens is 312 g/mol. The fourth-order valence-electron chi connectivity index (χ4n) is 4.10. The third-order valence-electron chi connectivity index (χ3n) is 5.43. The summed E-state index contributed by atoms with van der Waals surface area (Å²) in [4.78, 5) is 16.9. The van der Waals surface area contributed by atoms with Crippen molar-refractivity contribution in [3.63, 3.8) is 0 Å². The van der Waals surface area contributed by atoms with E-state index < -0.39 is 0 Å². The Labute approximate surface area is 142 Å². The lowest BCUT2D eigenvalue weighted by atomic mass is 9.88. The van der Waals surface area contributed by atoms with Gasteiger partial charge >= 0.3 is 0 Å². The Kier molecular flexibility index (Phi) is 4.08. The minimum Gasteiger partial charge on any atom is -0.370 e. The number of carbonyl (C=O) groups excluding carboxylic acids is 1. The average molecular weight is 335 g/mol. The predicted molar refractivity (Wildman–Crippen MR) is 89.6 cm³/mol. The lowest BCUT2D eigenvalue weighted by molar-refractivity contribution is -0.157. The van der Waals surface area contributed by atoms with Gasteiger partial charge in [0.2, 0.25) is 5.91 Å². The highest BCUT2D eigenvalue weighted by Gasteiger charge is 2.52. The van der Waals surface area contributed by atoms with Crippen LogP contribution in [0.25, 0.3) is 0 Å². The van der Waals surface area contributed by atoms with Gasteiger partial charge in [0.1, 0.15) is 5.60 Å². The molecule has 3 aliphatic rings. The van der Waals surface area contributed by atoms with Gasteiger partial charge in [0.15, 0.2) is 0 Å². The number of rotatable bonds is 3. The van der Waals surface area contributed by atoms with Crippen LogP contribution >= 0.6 is 11.6 Å². The van der Waals surface area contributed by atoms with Crippen LogP contribution in [-0.2, 0) is 16.0 Å². The van der Waals surface area contributed by atoms with Crippen LogP contribution < -0.4 is 0 Å². The summed E-state index contributed by atoms with van der Waals surface area (Å²) in [6.45, 7) is 4.76. The van der Waals surface area contributed by atoms with Crippen molar-refractivity contribution in [2.45, 2.75) is 37.3 Å². The van der Waals surface area contributed by atoms with Gasteiger partial charge in [-0.3, -0.25) is 9.69 Å². The maximum Gasteiger partial charge on any atom is 0.227 e. The molecule has 0 N–H and O–H groups in total. The first-order chi connectivity index (χ1) is 11.1. The Hall–Kier alpha value is -1.10. The minimum atomic E-state index is -0.0666. The molecule has 3 heterocycles. The molecule has 0 saturated carbocycles. The molecule has 5 heteroatoms. The van der Waals surface area contributed by atoms with Crippen molar-refractivity contribution < 1.29 is 9.53 Å². The SMILES string of the molecule is O=C(Cc1ccc(Cl)cc1)N1CC2(CC(N3CCCC3)CO2)C1. The molecule has 1 aromatic carbocycles. The topological polar surface area (TPSA) is 32.8 Å². The zero-order chi connectivity index (χ0) is 15.9. The van der Waals surface area contributed by atoms with Crippen LogP contribution in [0.4, 0.5) is 0 Å². The van der Waals surface area contributed by atoms with E-state index in [9.17, 15) is 4.79 Å². The molecule has 1 aromatic rings. The van der Waals surface area contributed by atoms with Gasteiger partial charge in [-0.25, -0.2) is 0 Å². The van der Waals surface area contributed by atoms with Crippen molar-refractivity contribution >= 4 is 17.5 Å². The summed E-state index contributed by atoms with van der Waals surface area (Å²) >= 11 is 5.88. The first-order valence-corrected chi connectivity index (χ1v) is 8.92. The molecule has 1 amide bonds. The molecule has 0 aromatic heterocycles. The lowest BCUT2D eigenvalue weighted by Gasteiger charge is -2.47. The number of benzene rings is 1. The summed E-state index contributed by atoms with van der Waals surface area (Å²) in [7, 11) is 0. The lowest BCUT2D eigenvalue weighted by Crippen LogP contribution is -2.63. The third-order valence-corrected chi connectivity index (χ3v) is 5.68. The van der Waals surface area contributed by atoms with Crippen molar-refractivity contribution in [3.8, 4) is 0 Å². The third kappa shape index (κ3) is 3.12. The zero-order valence-corrected chi connectivity index (χ0v) is 14.1. The molecule has 0 bridgehead atoms. The second-order valence-electron chi connectivity index (χ2n) is 7.15. The van der Waals surface area contributed by atoms with Gasteiger partial charge in [-0.05, 0) is 50.0 Å². The Morgan fingerprint density at radius 1 is 1.22 bits per heavy atom. The van der Waals surface area contributed by atoms with Gasteiger partial charge in [0, 0.05) is 11.1 Å². The summed E-state index contributed by atoms with van der Waals surface area (Å²) in [5.41, 5.74) is 0.950. The van der Waals surface area contributed by atoms with E-state index in [4.69, 9.17) is 16.3 Å². The molecule has 3 saturated heterocycles. The maximum atomic E-state index is 12.4. The molecule has 124 valence electrons. The van der Waals surface area contributed by atoms with Crippen LogP contribution in [0.15, 0.2) is 24.3 Å². The van der Waals surface area contributed by atoms with Gasteiger partial charge in [0.25, 0.3) is 0 Å². The number of likely N-dealkylation sites (tertiary alicyclic amines) is 2. The van der Waals surface area contributed by atoms with E-state index in [-0.39, 0.29) is 11.5 Å². The van der Waals surface area contributed by atoms with E-state index in [2.05, 4.69) is 4.90 Å². The van der Waals surface area contributed by atoms with E-state index in [0.717, 1.165) is 31.7 Å². The van der Waals surface area contributed by atoms with Crippen molar-refractivity contribution in [2.24, 2.45) is 0 Å². The van der Waals surface area contributed by atoms with Gasteiger partial charge < -0.3 is 9.64 Å². The summed E-state index contributed by atoms with van der Waals surface area (Å²) in [5.74, 6) is 0.186. The number of carbonyl (C=O) groups is 1. The Balaban J connectivity index is 1.29. The molecule has 3 aliphatic heterocycles. The molecule has 1 atom stereocenters. The largest absolute Gasteiger partial charge is 0.370 e. The molecular formula is C18H23ClN2O2. The fourth-order valence-corrected chi connectivity index (χ4v) is 4.22. The molecule has 4 rings (SSSR count). The summed E-state index contributed by atoms with van der Waals surface area (Å²) < 4.78 is 6.09. The number of hydrogen-bond donors (Lipinski definition) is 0. The second kappa shape index (κ2) is 6.08. The molecule has 0 aliphatic carbocycles. The maximum absolute atomic E-state index is 12.4. The normalized spacial score (nSPS) is 26.7. The van der Waals surface area contributed by atoms with Crippen LogP contribution in [0.1, 0.15) is 24.8 Å². The molecule has 4 nitrogen and oxygen atoms in total. The molecule has 1 spiro atoms.